The average Bonchev–Trinajstić information content (AvgIpc) is 2.75. The van der Waals surface area contributed by atoms with Gasteiger partial charge in [0.2, 0.25) is 0 Å². The largest absolute Gasteiger partial charge is 0.396 e. The van der Waals surface area contributed by atoms with Crippen molar-refractivity contribution >= 4 is 5.91 Å². The topological polar surface area (TPSA) is 69.6 Å². The van der Waals surface area contributed by atoms with Crippen molar-refractivity contribution in [1.82, 2.24) is 5.32 Å². The number of benzene rings is 1. The number of carbonyl (C=O) groups is 1. The van der Waals surface area contributed by atoms with Gasteiger partial charge in [-0.2, -0.15) is 0 Å². The molecule has 1 aromatic carbocycles. The standard InChI is InChI=1S/C12H17NO3.2C6H6/c14-8-4-7-11(9-15)13-12(16)10-5-2-1-3-6-10;2*1-3-5-6-4-2/h1-3,5-6,11,14-15H,4,7-9H2,(H,13,16);2*1-2H,5-6H2. The van der Waals surface area contributed by atoms with E-state index >= 15 is 0 Å². The quantitative estimate of drug-likeness (QED) is 0.480. The number of carbonyl (C=O) groups excluding carboxylic acids is 1. The summed E-state index contributed by atoms with van der Waals surface area (Å²) in [4.78, 5) is 11.7. The molecule has 1 amide bonds. The first-order chi connectivity index (χ1) is 13.6. The van der Waals surface area contributed by atoms with Gasteiger partial charge in [0.25, 0.3) is 5.91 Å². The number of aliphatic hydroxyl groups excluding tert-OH is 2. The van der Waals surface area contributed by atoms with Crippen molar-refractivity contribution in [2.24, 2.45) is 0 Å². The van der Waals surface area contributed by atoms with E-state index in [4.69, 9.17) is 35.9 Å². The van der Waals surface area contributed by atoms with Gasteiger partial charge in [-0.15, -0.1) is 49.4 Å². The van der Waals surface area contributed by atoms with Crippen LogP contribution in [0.25, 0.3) is 0 Å². The third kappa shape index (κ3) is 17.7. The van der Waals surface area contributed by atoms with E-state index in [1.54, 1.807) is 24.3 Å². The van der Waals surface area contributed by atoms with Gasteiger partial charge in [-0.25, -0.2) is 0 Å². The highest BCUT2D eigenvalue weighted by Gasteiger charge is 2.11. The van der Waals surface area contributed by atoms with Crippen LogP contribution in [0.2, 0.25) is 0 Å². The molecule has 0 aromatic heterocycles. The zero-order chi connectivity index (χ0) is 21.5. The van der Waals surface area contributed by atoms with Crippen molar-refractivity contribution in [3.8, 4) is 49.4 Å². The summed E-state index contributed by atoms with van der Waals surface area (Å²) in [6.45, 7) is -0.0454. The highest BCUT2D eigenvalue weighted by molar-refractivity contribution is 5.94. The van der Waals surface area contributed by atoms with Crippen LogP contribution in [0, 0.1) is 49.4 Å². The van der Waals surface area contributed by atoms with Crippen molar-refractivity contribution in [2.45, 2.75) is 44.6 Å². The third-order valence-electron chi connectivity index (χ3n) is 3.13. The van der Waals surface area contributed by atoms with Gasteiger partial charge in [-0.1, -0.05) is 18.2 Å². The molecular weight excluding hydrogens is 350 g/mol. The lowest BCUT2D eigenvalue weighted by atomic mass is 10.1. The molecule has 1 rings (SSSR count). The van der Waals surface area contributed by atoms with Gasteiger partial charge in [-0.05, 0) is 25.0 Å². The SMILES string of the molecule is C#CCCC#C.C#CCCC#C.O=C(NC(CO)CCCO)c1ccccc1. The fourth-order valence-corrected chi connectivity index (χ4v) is 1.69. The fourth-order valence-electron chi connectivity index (χ4n) is 1.69. The highest BCUT2D eigenvalue weighted by atomic mass is 16.3. The summed E-state index contributed by atoms with van der Waals surface area (Å²) in [5, 5.41) is 20.4. The van der Waals surface area contributed by atoms with E-state index in [1.807, 2.05) is 6.07 Å². The Morgan fingerprint density at radius 1 is 0.893 bits per heavy atom. The normalized spacial score (nSPS) is 9.36. The minimum absolute atomic E-state index is 0.0672. The van der Waals surface area contributed by atoms with Gasteiger partial charge >= 0.3 is 0 Å². The fraction of sp³-hybridized carbons (Fsp3) is 0.375. The second kappa shape index (κ2) is 21.9. The zero-order valence-corrected chi connectivity index (χ0v) is 16.2. The number of rotatable bonds is 8. The van der Waals surface area contributed by atoms with Crippen LogP contribution in [0.3, 0.4) is 0 Å². The Bertz CT molecular complexity index is 613. The van der Waals surface area contributed by atoms with Crippen molar-refractivity contribution < 1.29 is 15.0 Å². The van der Waals surface area contributed by atoms with Crippen LogP contribution in [-0.4, -0.2) is 35.4 Å². The monoisotopic (exact) mass is 379 g/mol. The smallest absolute Gasteiger partial charge is 0.251 e. The van der Waals surface area contributed by atoms with E-state index in [0.717, 1.165) is 0 Å². The Balaban J connectivity index is 0. The minimum Gasteiger partial charge on any atom is -0.396 e. The number of aliphatic hydroxyl groups is 2. The van der Waals surface area contributed by atoms with Gasteiger partial charge in [0.05, 0.1) is 12.6 Å². The summed E-state index contributed by atoms with van der Waals surface area (Å²) in [5.41, 5.74) is 0.574. The van der Waals surface area contributed by atoms with Crippen LogP contribution < -0.4 is 5.32 Å². The van der Waals surface area contributed by atoms with Crippen LogP contribution in [0.4, 0.5) is 0 Å². The molecule has 0 spiro atoms. The van der Waals surface area contributed by atoms with Crippen molar-refractivity contribution in [1.29, 1.82) is 0 Å². The lowest BCUT2D eigenvalue weighted by Gasteiger charge is -2.15. The Labute approximate surface area is 169 Å². The second-order valence-corrected chi connectivity index (χ2v) is 5.40. The first-order valence-electron chi connectivity index (χ1n) is 8.92. The summed E-state index contributed by atoms with van der Waals surface area (Å²) in [7, 11) is 0. The van der Waals surface area contributed by atoms with Crippen LogP contribution in [-0.2, 0) is 0 Å². The van der Waals surface area contributed by atoms with E-state index in [1.165, 1.54) is 0 Å². The minimum atomic E-state index is -0.292. The lowest BCUT2D eigenvalue weighted by Crippen LogP contribution is -2.37. The van der Waals surface area contributed by atoms with Gasteiger partial charge in [0.15, 0.2) is 0 Å². The number of unbranched alkanes of at least 4 members (excludes halogenated alkanes) is 2. The molecule has 3 N–H and O–H groups in total. The molecule has 28 heavy (non-hydrogen) atoms. The molecule has 1 unspecified atom stereocenters. The first-order valence-corrected chi connectivity index (χ1v) is 8.92. The second-order valence-electron chi connectivity index (χ2n) is 5.40. The first kappa shape index (κ1) is 27.1. The van der Waals surface area contributed by atoms with Crippen LogP contribution in [0.15, 0.2) is 30.3 Å². The molecule has 0 saturated carbocycles. The predicted octanol–water partition coefficient (Wildman–Crippen LogP) is 2.62. The van der Waals surface area contributed by atoms with E-state index in [9.17, 15) is 4.79 Å². The number of terminal acetylenes is 4. The van der Waals surface area contributed by atoms with Crippen molar-refractivity contribution in [2.75, 3.05) is 13.2 Å². The van der Waals surface area contributed by atoms with E-state index in [2.05, 4.69) is 29.0 Å². The molecule has 148 valence electrons. The lowest BCUT2D eigenvalue weighted by molar-refractivity contribution is 0.0909. The number of hydrogen-bond acceptors (Lipinski definition) is 3. The van der Waals surface area contributed by atoms with E-state index in [0.29, 0.717) is 44.1 Å². The summed E-state index contributed by atoms with van der Waals surface area (Å²) in [6, 6.07) is 8.56. The molecular formula is C24H29NO3. The molecule has 0 heterocycles. The average molecular weight is 380 g/mol. The molecule has 0 aliphatic rings. The Kier molecular flexibility index (Phi) is 21.2. The number of amides is 1. The maximum Gasteiger partial charge on any atom is 0.251 e. The predicted molar refractivity (Wildman–Crippen MR) is 115 cm³/mol. The Hall–Kier alpha value is -3.15. The van der Waals surface area contributed by atoms with E-state index < -0.39 is 0 Å². The van der Waals surface area contributed by atoms with Gasteiger partial charge < -0.3 is 15.5 Å². The molecule has 1 atom stereocenters. The Morgan fingerprint density at radius 3 is 1.71 bits per heavy atom. The van der Waals surface area contributed by atoms with E-state index in [-0.39, 0.29) is 25.2 Å². The summed E-state index contributed by atoms with van der Waals surface area (Å²) in [5.74, 6) is 9.51. The van der Waals surface area contributed by atoms with Gasteiger partial charge in [0.1, 0.15) is 0 Å². The third-order valence-corrected chi connectivity index (χ3v) is 3.13. The summed E-state index contributed by atoms with van der Waals surface area (Å²) < 4.78 is 0. The maximum atomic E-state index is 11.7. The van der Waals surface area contributed by atoms with Crippen molar-refractivity contribution in [3.63, 3.8) is 0 Å². The van der Waals surface area contributed by atoms with Gasteiger partial charge in [0, 0.05) is 37.9 Å². The number of hydrogen-bond donors (Lipinski definition) is 3. The van der Waals surface area contributed by atoms with Gasteiger partial charge in [-0.3, -0.25) is 4.79 Å². The maximum absolute atomic E-state index is 11.7. The van der Waals surface area contributed by atoms with Crippen LogP contribution in [0.1, 0.15) is 48.9 Å². The molecule has 0 bridgehead atoms. The molecule has 0 aliphatic heterocycles. The molecule has 4 heteroatoms. The Morgan fingerprint density at radius 2 is 1.36 bits per heavy atom. The highest BCUT2D eigenvalue weighted by Crippen LogP contribution is 2.01. The summed E-state index contributed by atoms with van der Waals surface area (Å²) >= 11 is 0. The molecule has 0 radical (unpaired) electrons. The molecule has 4 nitrogen and oxygen atoms in total. The molecule has 1 aromatic rings. The summed E-state index contributed by atoms with van der Waals surface area (Å²) in [6.07, 6.45) is 23.4. The zero-order valence-electron chi connectivity index (χ0n) is 16.2. The molecule has 0 aliphatic carbocycles. The molecule has 0 fully saturated rings. The van der Waals surface area contributed by atoms with Crippen LogP contribution >= 0.6 is 0 Å². The molecule has 0 saturated heterocycles. The van der Waals surface area contributed by atoms with Crippen molar-refractivity contribution in [3.05, 3.63) is 35.9 Å². The number of nitrogens with one attached hydrogen (secondary N) is 1. The van der Waals surface area contributed by atoms with Crippen LogP contribution in [0.5, 0.6) is 0 Å².